The molecule has 1 fully saturated rings. The summed E-state index contributed by atoms with van der Waals surface area (Å²) in [7, 11) is 3.31. The molecule has 3 heteroatoms. The molecular weight excluding hydrogens is 142 g/mol. The van der Waals surface area contributed by atoms with Crippen molar-refractivity contribution in [2.75, 3.05) is 20.7 Å². The van der Waals surface area contributed by atoms with Crippen LogP contribution in [0.2, 0.25) is 0 Å². The van der Waals surface area contributed by atoms with E-state index in [1.54, 1.807) is 0 Å². The minimum absolute atomic E-state index is 0.0677. The van der Waals surface area contributed by atoms with Crippen molar-refractivity contribution in [3.8, 4) is 0 Å². The van der Waals surface area contributed by atoms with Crippen LogP contribution >= 0.6 is 0 Å². The van der Waals surface area contributed by atoms with Gasteiger partial charge in [-0.1, -0.05) is 0 Å². The predicted molar refractivity (Wildman–Crippen MR) is 42.2 cm³/mol. The van der Waals surface area contributed by atoms with Gasteiger partial charge in [-0.25, -0.2) is 0 Å². The highest BCUT2D eigenvalue weighted by molar-refractivity contribution is 5.73. The van der Waals surface area contributed by atoms with E-state index in [2.05, 4.69) is 10.1 Å². The maximum absolute atomic E-state index is 11.1. The van der Waals surface area contributed by atoms with Crippen LogP contribution in [0.25, 0.3) is 0 Å². The Balaban J connectivity index is 2.37. The third-order valence-corrected chi connectivity index (χ3v) is 2.12. The molecule has 0 heterocycles. The van der Waals surface area contributed by atoms with Gasteiger partial charge in [0.15, 0.2) is 0 Å². The Morgan fingerprint density at radius 2 is 2.36 bits per heavy atom. The normalized spacial score (nSPS) is 19.5. The topological polar surface area (TPSA) is 38.3 Å². The molecule has 0 radical (unpaired) electrons. The fraction of sp³-hybridized carbons (Fsp3) is 0.875. The summed E-state index contributed by atoms with van der Waals surface area (Å²) in [4.78, 5) is 11.1. The number of esters is 1. The number of hydrogen-bond donors (Lipinski definition) is 1. The van der Waals surface area contributed by atoms with Crippen molar-refractivity contribution in [3.05, 3.63) is 0 Å². The minimum Gasteiger partial charge on any atom is -0.469 e. The third kappa shape index (κ3) is 2.19. The lowest BCUT2D eigenvalue weighted by Crippen LogP contribution is -2.28. The lowest BCUT2D eigenvalue weighted by Gasteiger charge is -2.11. The molecule has 0 aromatic carbocycles. The molecule has 1 aliphatic rings. The zero-order valence-electron chi connectivity index (χ0n) is 7.09. The van der Waals surface area contributed by atoms with Gasteiger partial charge in [0.25, 0.3) is 0 Å². The van der Waals surface area contributed by atoms with Crippen LogP contribution in [-0.2, 0) is 9.53 Å². The maximum Gasteiger partial charge on any atom is 0.310 e. The predicted octanol–water partition coefficient (Wildman–Crippen LogP) is 0.405. The van der Waals surface area contributed by atoms with Gasteiger partial charge in [-0.05, 0) is 25.8 Å². The second-order valence-electron chi connectivity index (χ2n) is 3.02. The smallest absolute Gasteiger partial charge is 0.310 e. The van der Waals surface area contributed by atoms with Crippen LogP contribution in [0.5, 0.6) is 0 Å². The number of ether oxygens (including phenoxy) is 1. The summed E-state index contributed by atoms with van der Waals surface area (Å²) in [5.74, 6) is 0.599. The van der Waals surface area contributed by atoms with E-state index < -0.39 is 0 Å². The molecule has 0 amide bonds. The molecule has 3 nitrogen and oxygen atoms in total. The lowest BCUT2D eigenvalue weighted by molar-refractivity contribution is -0.146. The summed E-state index contributed by atoms with van der Waals surface area (Å²) in [5, 5.41) is 3.00. The quantitative estimate of drug-likeness (QED) is 0.600. The van der Waals surface area contributed by atoms with Crippen molar-refractivity contribution >= 4 is 5.97 Å². The fourth-order valence-electron chi connectivity index (χ4n) is 1.31. The minimum atomic E-state index is -0.0677. The molecule has 0 spiro atoms. The number of carbonyl (C=O) groups excluding carboxylic acids is 1. The molecule has 0 aromatic rings. The number of hydrogen-bond acceptors (Lipinski definition) is 3. The van der Waals surface area contributed by atoms with Gasteiger partial charge in [0.05, 0.1) is 13.0 Å². The summed E-state index contributed by atoms with van der Waals surface area (Å²) in [6.45, 7) is 0.747. The number of nitrogens with one attached hydrogen (secondary N) is 1. The van der Waals surface area contributed by atoms with Gasteiger partial charge in [-0.2, -0.15) is 0 Å². The molecule has 0 aromatic heterocycles. The Morgan fingerprint density at radius 1 is 1.73 bits per heavy atom. The average Bonchev–Trinajstić information content (AvgIpc) is 2.81. The van der Waals surface area contributed by atoms with Crippen molar-refractivity contribution in [3.63, 3.8) is 0 Å². The van der Waals surface area contributed by atoms with E-state index >= 15 is 0 Å². The largest absolute Gasteiger partial charge is 0.469 e. The van der Waals surface area contributed by atoms with Crippen molar-refractivity contribution in [1.82, 2.24) is 5.32 Å². The molecule has 1 atom stereocenters. The SMILES string of the molecule is CNCC(C(=O)OC)C1CC1. The van der Waals surface area contributed by atoms with Crippen molar-refractivity contribution in [2.45, 2.75) is 12.8 Å². The zero-order chi connectivity index (χ0) is 8.27. The first-order valence-electron chi connectivity index (χ1n) is 4.02. The second kappa shape index (κ2) is 3.72. The standard InChI is InChI=1S/C8H15NO2/c1-9-5-7(6-3-4-6)8(10)11-2/h6-7,9H,3-5H2,1-2H3. The molecule has 1 unspecified atom stereocenters. The van der Waals surface area contributed by atoms with E-state index in [0.717, 1.165) is 6.54 Å². The zero-order valence-corrected chi connectivity index (χ0v) is 7.09. The van der Waals surface area contributed by atoms with Gasteiger partial charge in [0.2, 0.25) is 0 Å². The first-order chi connectivity index (χ1) is 5.29. The van der Waals surface area contributed by atoms with E-state index in [1.807, 2.05) is 7.05 Å². The van der Waals surface area contributed by atoms with E-state index in [1.165, 1.54) is 20.0 Å². The maximum atomic E-state index is 11.1. The molecule has 1 rings (SSSR count). The molecule has 64 valence electrons. The molecule has 1 N–H and O–H groups in total. The molecule has 0 aliphatic heterocycles. The van der Waals surface area contributed by atoms with Crippen LogP contribution in [0.15, 0.2) is 0 Å². The fourth-order valence-corrected chi connectivity index (χ4v) is 1.31. The first kappa shape index (κ1) is 8.53. The summed E-state index contributed by atoms with van der Waals surface area (Å²) in [6, 6.07) is 0. The van der Waals surface area contributed by atoms with Gasteiger partial charge < -0.3 is 10.1 Å². The number of carbonyl (C=O) groups is 1. The monoisotopic (exact) mass is 157 g/mol. The Bertz CT molecular complexity index is 143. The Kier molecular flexibility index (Phi) is 2.88. The summed E-state index contributed by atoms with van der Waals surface area (Å²) in [6.07, 6.45) is 2.36. The van der Waals surface area contributed by atoms with Crippen LogP contribution in [0.3, 0.4) is 0 Å². The van der Waals surface area contributed by atoms with Crippen LogP contribution in [0.4, 0.5) is 0 Å². The van der Waals surface area contributed by atoms with Crippen LogP contribution < -0.4 is 5.32 Å². The highest BCUT2D eigenvalue weighted by Crippen LogP contribution is 2.36. The van der Waals surface area contributed by atoms with Crippen molar-refractivity contribution in [2.24, 2.45) is 11.8 Å². The van der Waals surface area contributed by atoms with E-state index in [9.17, 15) is 4.79 Å². The van der Waals surface area contributed by atoms with Crippen molar-refractivity contribution < 1.29 is 9.53 Å². The summed E-state index contributed by atoms with van der Waals surface area (Å²) >= 11 is 0. The van der Waals surface area contributed by atoms with Crippen LogP contribution in [0.1, 0.15) is 12.8 Å². The van der Waals surface area contributed by atoms with E-state index in [4.69, 9.17) is 0 Å². The Hall–Kier alpha value is -0.570. The molecule has 1 saturated carbocycles. The average molecular weight is 157 g/mol. The highest BCUT2D eigenvalue weighted by Gasteiger charge is 2.36. The van der Waals surface area contributed by atoms with Gasteiger partial charge in [-0.15, -0.1) is 0 Å². The van der Waals surface area contributed by atoms with Crippen molar-refractivity contribution in [1.29, 1.82) is 0 Å². The molecule has 0 bridgehead atoms. The number of rotatable bonds is 4. The Labute approximate surface area is 67.1 Å². The van der Waals surface area contributed by atoms with Gasteiger partial charge in [0.1, 0.15) is 0 Å². The van der Waals surface area contributed by atoms with E-state index in [-0.39, 0.29) is 11.9 Å². The Morgan fingerprint density at radius 3 is 2.73 bits per heavy atom. The summed E-state index contributed by atoms with van der Waals surface area (Å²) < 4.78 is 4.69. The molecule has 1 aliphatic carbocycles. The van der Waals surface area contributed by atoms with Crippen LogP contribution in [-0.4, -0.2) is 26.7 Å². The van der Waals surface area contributed by atoms with Gasteiger partial charge >= 0.3 is 5.97 Å². The number of methoxy groups -OCH3 is 1. The molecule has 0 saturated heterocycles. The van der Waals surface area contributed by atoms with E-state index in [0.29, 0.717) is 5.92 Å². The molecule has 11 heavy (non-hydrogen) atoms. The van der Waals surface area contributed by atoms with Crippen LogP contribution in [0, 0.1) is 11.8 Å². The van der Waals surface area contributed by atoms with Gasteiger partial charge in [-0.3, -0.25) is 4.79 Å². The first-order valence-corrected chi connectivity index (χ1v) is 4.02. The third-order valence-electron chi connectivity index (χ3n) is 2.12. The van der Waals surface area contributed by atoms with Gasteiger partial charge in [0, 0.05) is 6.54 Å². The highest BCUT2D eigenvalue weighted by atomic mass is 16.5. The summed E-state index contributed by atoms with van der Waals surface area (Å²) in [5.41, 5.74) is 0. The lowest BCUT2D eigenvalue weighted by atomic mass is 10.0. The molecular formula is C8H15NO2. The second-order valence-corrected chi connectivity index (χ2v) is 3.02.